The van der Waals surface area contributed by atoms with Crippen LogP contribution in [0.25, 0.3) is 0 Å². The molecule has 1 atom stereocenters. The van der Waals surface area contributed by atoms with Gasteiger partial charge in [-0.1, -0.05) is 26.0 Å². The van der Waals surface area contributed by atoms with Crippen molar-refractivity contribution in [3.63, 3.8) is 0 Å². The molecular weight excluding hydrogens is 534 g/mol. The zero-order chi connectivity index (χ0) is 29.4. The highest BCUT2D eigenvalue weighted by atomic mass is 32.1. The number of nitrogens with one attached hydrogen (secondary N) is 1. The number of nitrogen functional groups attached to an aromatic ring is 1. The summed E-state index contributed by atoms with van der Waals surface area (Å²) >= 11 is 0.728. The molecule has 40 heavy (non-hydrogen) atoms. The number of nitrogens with two attached hydrogens (primary N) is 2. The molecule has 1 aromatic heterocycles. The summed E-state index contributed by atoms with van der Waals surface area (Å²) in [6.45, 7) is 6.85. The lowest BCUT2D eigenvalue weighted by Gasteiger charge is -2.32. The van der Waals surface area contributed by atoms with Gasteiger partial charge in [0.15, 0.2) is 5.69 Å². The Labute approximate surface area is 237 Å². The molecule has 12 heteroatoms. The van der Waals surface area contributed by atoms with Crippen molar-refractivity contribution in [3.05, 3.63) is 58.6 Å². The lowest BCUT2D eigenvalue weighted by atomic mass is 10.0. The molecule has 3 amide bonds. The number of methoxy groups -OCH3 is 2. The summed E-state index contributed by atoms with van der Waals surface area (Å²) in [5.74, 6) is -0.220. The first-order valence-electron chi connectivity index (χ1n) is 12.7. The summed E-state index contributed by atoms with van der Waals surface area (Å²) < 4.78 is 20.5. The van der Waals surface area contributed by atoms with Gasteiger partial charge in [0.2, 0.25) is 5.91 Å². The molecule has 0 saturated carbocycles. The van der Waals surface area contributed by atoms with Crippen molar-refractivity contribution in [3.8, 4) is 17.2 Å². The molecule has 0 unspecified atom stereocenters. The number of carbonyl (C=O) groups is 3. The zero-order valence-electron chi connectivity index (χ0n) is 23.2. The fourth-order valence-electron chi connectivity index (χ4n) is 4.00. The van der Waals surface area contributed by atoms with Crippen LogP contribution in [0.4, 0.5) is 11.4 Å². The summed E-state index contributed by atoms with van der Waals surface area (Å²) in [7, 11) is 2.95. The van der Waals surface area contributed by atoms with Crippen molar-refractivity contribution in [2.75, 3.05) is 38.0 Å². The predicted molar refractivity (Wildman–Crippen MR) is 154 cm³/mol. The number of carbonyl (C=O) groups excluding carboxylic acids is 3. The second-order valence-corrected chi connectivity index (χ2v) is 10.0. The minimum absolute atomic E-state index is 0.0439. The standard InChI is InChI=1S/C28H35N5O6S/c1-6-39-18-9-7-17(8-10-18)24(27(35)31-14-13-16(2)3)33(20-12-11-19(37-4)15-21(20)38-5)28(36)25-22(29)23(26(30)34)32-40-25/h7-12,15-16,24H,6,13-14,29H2,1-5H3,(H2,30,34)(H,31,35)/t24-/m0/s1. The summed E-state index contributed by atoms with van der Waals surface area (Å²) in [5, 5.41) is 2.96. The second-order valence-electron chi connectivity index (χ2n) is 9.23. The van der Waals surface area contributed by atoms with Crippen LogP contribution in [-0.2, 0) is 4.79 Å². The summed E-state index contributed by atoms with van der Waals surface area (Å²) in [6.07, 6.45) is 0.741. The number of aromatic nitrogens is 1. The lowest BCUT2D eigenvalue weighted by Crippen LogP contribution is -2.44. The summed E-state index contributed by atoms with van der Waals surface area (Å²) in [5.41, 5.74) is 12.0. The highest BCUT2D eigenvalue weighted by Gasteiger charge is 2.37. The number of ether oxygens (including phenoxy) is 3. The number of anilines is 2. The van der Waals surface area contributed by atoms with Crippen molar-refractivity contribution in [1.82, 2.24) is 9.69 Å². The number of hydrogen-bond acceptors (Lipinski definition) is 9. The fourth-order valence-corrected chi connectivity index (χ4v) is 4.74. The monoisotopic (exact) mass is 569 g/mol. The Bertz CT molecular complexity index is 1340. The van der Waals surface area contributed by atoms with Crippen LogP contribution in [-0.4, -0.2) is 49.5 Å². The smallest absolute Gasteiger partial charge is 0.273 e. The Kier molecular flexibility index (Phi) is 10.3. The first-order chi connectivity index (χ1) is 19.1. The van der Waals surface area contributed by atoms with Crippen LogP contribution in [0.2, 0.25) is 0 Å². The van der Waals surface area contributed by atoms with Gasteiger partial charge in [-0.05, 0) is 60.6 Å². The third kappa shape index (κ3) is 6.81. The number of benzene rings is 2. The van der Waals surface area contributed by atoms with Crippen LogP contribution in [0.15, 0.2) is 42.5 Å². The maximum Gasteiger partial charge on any atom is 0.273 e. The van der Waals surface area contributed by atoms with E-state index in [1.807, 2.05) is 6.92 Å². The molecule has 0 radical (unpaired) electrons. The van der Waals surface area contributed by atoms with E-state index in [4.69, 9.17) is 25.7 Å². The number of rotatable bonds is 13. The van der Waals surface area contributed by atoms with Crippen molar-refractivity contribution in [2.24, 2.45) is 11.7 Å². The van der Waals surface area contributed by atoms with Crippen LogP contribution in [0, 0.1) is 5.92 Å². The van der Waals surface area contributed by atoms with E-state index in [0.717, 1.165) is 18.0 Å². The first-order valence-corrected chi connectivity index (χ1v) is 13.5. The Morgan fingerprint density at radius 1 is 1.05 bits per heavy atom. The largest absolute Gasteiger partial charge is 0.497 e. The van der Waals surface area contributed by atoms with Crippen molar-refractivity contribution < 1.29 is 28.6 Å². The Balaban J connectivity index is 2.24. The molecule has 3 rings (SSSR count). The van der Waals surface area contributed by atoms with Crippen molar-refractivity contribution in [2.45, 2.75) is 33.2 Å². The van der Waals surface area contributed by atoms with E-state index < -0.39 is 23.8 Å². The third-order valence-electron chi connectivity index (χ3n) is 6.06. The van der Waals surface area contributed by atoms with Gasteiger partial charge >= 0.3 is 0 Å². The Morgan fingerprint density at radius 2 is 1.73 bits per heavy atom. The van der Waals surface area contributed by atoms with Gasteiger partial charge in [-0.25, -0.2) is 0 Å². The van der Waals surface area contributed by atoms with Gasteiger partial charge in [0.05, 0.1) is 32.2 Å². The number of primary amides is 1. The van der Waals surface area contributed by atoms with Crippen LogP contribution in [0.3, 0.4) is 0 Å². The molecule has 5 N–H and O–H groups in total. The minimum Gasteiger partial charge on any atom is -0.497 e. The van der Waals surface area contributed by atoms with E-state index in [2.05, 4.69) is 23.5 Å². The molecule has 214 valence electrons. The fraction of sp³-hybridized carbons (Fsp3) is 0.357. The van der Waals surface area contributed by atoms with Gasteiger partial charge < -0.3 is 31.0 Å². The molecule has 0 aliphatic rings. The third-order valence-corrected chi connectivity index (χ3v) is 6.91. The van der Waals surface area contributed by atoms with Gasteiger partial charge in [0, 0.05) is 12.6 Å². The Hall–Kier alpha value is -4.32. The van der Waals surface area contributed by atoms with Crippen LogP contribution < -0.4 is 35.9 Å². The van der Waals surface area contributed by atoms with Gasteiger partial charge in [-0.2, -0.15) is 4.37 Å². The Morgan fingerprint density at radius 3 is 2.27 bits per heavy atom. The molecule has 0 fully saturated rings. The van der Waals surface area contributed by atoms with Crippen molar-refractivity contribution >= 4 is 40.6 Å². The molecule has 0 aliphatic carbocycles. The number of hydrogen-bond donors (Lipinski definition) is 3. The summed E-state index contributed by atoms with van der Waals surface area (Å²) in [4.78, 5) is 41.2. The molecule has 0 spiro atoms. The van der Waals surface area contributed by atoms with E-state index in [0.29, 0.717) is 36.1 Å². The van der Waals surface area contributed by atoms with E-state index in [1.54, 1.807) is 42.5 Å². The molecule has 1 heterocycles. The topological polar surface area (TPSA) is 159 Å². The highest BCUT2D eigenvalue weighted by Crippen LogP contribution is 2.40. The minimum atomic E-state index is -1.16. The average Bonchev–Trinajstić information content (AvgIpc) is 3.33. The van der Waals surface area contributed by atoms with Gasteiger partial charge in [-0.3, -0.25) is 19.3 Å². The maximum atomic E-state index is 14.3. The number of amides is 3. The van der Waals surface area contributed by atoms with Crippen LogP contribution >= 0.6 is 11.5 Å². The van der Waals surface area contributed by atoms with Crippen molar-refractivity contribution in [1.29, 1.82) is 0 Å². The SMILES string of the molecule is CCOc1ccc([C@@H](C(=O)NCCC(C)C)N(C(=O)c2snc(C(N)=O)c2N)c2ccc(OC)cc2OC)cc1. The normalized spacial score (nSPS) is 11.6. The highest BCUT2D eigenvalue weighted by molar-refractivity contribution is 7.09. The molecule has 0 saturated heterocycles. The zero-order valence-corrected chi connectivity index (χ0v) is 24.0. The van der Waals surface area contributed by atoms with E-state index in [9.17, 15) is 14.4 Å². The second kappa shape index (κ2) is 13.7. The van der Waals surface area contributed by atoms with E-state index in [1.165, 1.54) is 19.1 Å². The maximum absolute atomic E-state index is 14.3. The van der Waals surface area contributed by atoms with Crippen LogP contribution in [0.1, 0.15) is 59.0 Å². The lowest BCUT2D eigenvalue weighted by molar-refractivity contribution is -0.122. The average molecular weight is 570 g/mol. The van der Waals surface area contributed by atoms with Gasteiger partial charge in [0.25, 0.3) is 11.8 Å². The molecule has 0 aliphatic heterocycles. The quantitative estimate of drug-likeness (QED) is 0.280. The molecule has 0 bridgehead atoms. The van der Waals surface area contributed by atoms with E-state index in [-0.39, 0.29) is 27.7 Å². The molecular formula is C28H35N5O6S. The van der Waals surface area contributed by atoms with E-state index >= 15 is 0 Å². The summed E-state index contributed by atoms with van der Waals surface area (Å²) in [6, 6.07) is 10.6. The number of nitrogens with zero attached hydrogens (tertiary/aromatic N) is 2. The molecule has 11 nitrogen and oxygen atoms in total. The molecule has 2 aromatic carbocycles. The molecule has 3 aromatic rings. The van der Waals surface area contributed by atoms with Crippen LogP contribution in [0.5, 0.6) is 17.2 Å². The first kappa shape index (κ1) is 30.2. The predicted octanol–water partition coefficient (Wildman–Crippen LogP) is 3.79. The van der Waals surface area contributed by atoms with Gasteiger partial charge in [-0.15, -0.1) is 0 Å². The van der Waals surface area contributed by atoms with Gasteiger partial charge in [0.1, 0.15) is 28.2 Å².